The maximum Gasteiger partial charge on any atom is 0.122 e. The third-order valence-corrected chi connectivity index (χ3v) is 2.61. The standard InChI is InChI=1S/C11H14O2/c1-2-8-4-3-5-10(11(8)12)9-6-13-7-9/h3-5,9,12H,2,6-7H2,1H3. The predicted octanol–water partition coefficient (Wildman–Crippen LogP) is 2.07. The maximum atomic E-state index is 9.87. The van der Waals surface area contributed by atoms with E-state index in [-0.39, 0.29) is 0 Å². The summed E-state index contributed by atoms with van der Waals surface area (Å²) in [7, 11) is 0. The molecule has 0 atom stereocenters. The van der Waals surface area contributed by atoms with Crippen LogP contribution in [0.3, 0.4) is 0 Å². The molecule has 1 aromatic rings. The van der Waals surface area contributed by atoms with Gasteiger partial charge in [0, 0.05) is 11.5 Å². The lowest BCUT2D eigenvalue weighted by Crippen LogP contribution is -2.25. The Balaban J connectivity index is 2.33. The van der Waals surface area contributed by atoms with Crippen molar-refractivity contribution < 1.29 is 9.84 Å². The summed E-state index contributed by atoms with van der Waals surface area (Å²) >= 11 is 0. The van der Waals surface area contributed by atoms with Gasteiger partial charge in [-0.25, -0.2) is 0 Å². The van der Waals surface area contributed by atoms with Crippen LogP contribution in [-0.4, -0.2) is 18.3 Å². The average Bonchev–Trinajstić information content (AvgIpc) is 2.05. The van der Waals surface area contributed by atoms with Crippen LogP contribution < -0.4 is 0 Å². The molecule has 1 N–H and O–H groups in total. The molecule has 0 bridgehead atoms. The lowest BCUT2D eigenvalue weighted by Gasteiger charge is -2.27. The molecule has 2 nitrogen and oxygen atoms in total. The largest absolute Gasteiger partial charge is 0.507 e. The van der Waals surface area contributed by atoms with E-state index in [1.165, 1.54) is 0 Å². The van der Waals surface area contributed by atoms with Crippen molar-refractivity contribution in [3.63, 3.8) is 0 Å². The fourth-order valence-electron chi connectivity index (χ4n) is 1.64. The zero-order valence-corrected chi connectivity index (χ0v) is 7.79. The van der Waals surface area contributed by atoms with Crippen molar-refractivity contribution in [2.45, 2.75) is 19.3 Å². The Morgan fingerprint density at radius 1 is 1.46 bits per heavy atom. The number of hydrogen-bond donors (Lipinski definition) is 1. The monoisotopic (exact) mass is 178 g/mol. The van der Waals surface area contributed by atoms with Crippen molar-refractivity contribution in [3.8, 4) is 5.75 Å². The minimum atomic E-state index is 0.409. The van der Waals surface area contributed by atoms with Crippen LogP contribution in [0.4, 0.5) is 0 Å². The Bertz CT molecular complexity index is 303. The Morgan fingerprint density at radius 2 is 2.23 bits per heavy atom. The molecule has 0 aliphatic carbocycles. The first-order valence-corrected chi connectivity index (χ1v) is 4.71. The Morgan fingerprint density at radius 3 is 2.77 bits per heavy atom. The number of hydrogen-bond acceptors (Lipinski definition) is 2. The second kappa shape index (κ2) is 3.38. The summed E-state index contributed by atoms with van der Waals surface area (Å²) in [6, 6.07) is 5.96. The van der Waals surface area contributed by atoms with Gasteiger partial charge < -0.3 is 9.84 Å². The third kappa shape index (κ3) is 1.42. The zero-order chi connectivity index (χ0) is 9.26. The minimum absolute atomic E-state index is 0.409. The van der Waals surface area contributed by atoms with Gasteiger partial charge in [0.05, 0.1) is 13.2 Å². The Labute approximate surface area is 78.2 Å². The molecule has 0 aromatic heterocycles. The third-order valence-electron chi connectivity index (χ3n) is 2.61. The smallest absolute Gasteiger partial charge is 0.122 e. The number of phenolic OH excluding ortho intramolecular Hbond substituents is 1. The Kier molecular flexibility index (Phi) is 2.23. The highest BCUT2D eigenvalue weighted by molar-refractivity contribution is 5.43. The molecule has 1 fully saturated rings. The van der Waals surface area contributed by atoms with E-state index in [1.54, 1.807) is 0 Å². The van der Waals surface area contributed by atoms with Crippen LogP contribution in [0.25, 0.3) is 0 Å². The van der Waals surface area contributed by atoms with E-state index in [4.69, 9.17) is 4.74 Å². The highest BCUT2D eigenvalue weighted by Gasteiger charge is 2.23. The van der Waals surface area contributed by atoms with Gasteiger partial charge in [-0.2, -0.15) is 0 Å². The van der Waals surface area contributed by atoms with Crippen molar-refractivity contribution in [3.05, 3.63) is 29.3 Å². The summed E-state index contributed by atoms with van der Waals surface area (Å²) in [5.74, 6) is 0.879. The number of aryl methyl sites for hydroxylation is 1. The number of rotatable bonds is 2. The number of ether oxygens (including phenoxy) is 1. The van der Waals surface area contributed by atoms with E-state index in [9.17, 15) is 5.11 Å². The highest BCUT2D eigenvalue weighted by Crippen LogP contribution is 2.33. The van der Waals surface area contributed by atoms with E-state index in [0.717, 1.165) is 30.8 Å². The molecule has 2 heteroatoms. The van der Waals surface area contributed by atoms with Crippen LogP contribution >= 0.6 is 0 Å². The number of benzene rings is 1. The van der Waals surface area contributed by atoms with Crippen molar-refractivity contribution in [1.82, 2.24) is 0 Å². The maximum absolute atomic E-state index is 9.87. The lowest BCUT2D eigenvalue weighted by atomic mass is 9.94. The second-order valence-electron chi connectivity index (χ2n) is 3.44. The first kappa shape index (κ1) is 8.57. The summed E-state index contributed by atoms with van der Waals surface area (Å²) in [4.78, 5) is 0. The fourth-order valence-corrected chi connectivity index (χ4v) is 1.64. The predicted molar refractivity (Wildman–Crippen MR) is 51.0 cm³/mol. The van der Waals surface area contributed by atoms with Crippen molar-refractivity contribution in [2.24, 2.45) is 0 Å². The second-order valence-corrected chi connectivity index (χ2v) is 3.44. The van der Waals surface area contributed by atoms with E-state index in [2.05, 4.69) is 6.92 Å². The highest BCUT2D eigenvalue weighted by atomic mass is 16.5. The van der Waals surface area contributed by atoms with Gasteiger partial charge in [-0.3, -0.25) is 0 Å². The SMILES string of the molecule is CCc1cccc(C2COC2)c1O. The van der Waals surface area contributed by atoms with Gasteiger partial charge in [-0.1, -0.05) is 25.1 Å². The molecule has 1 aliphatic rings. The molecule has 13 heavy (non-hydrogen) atoms. The molecule has 0 unspecified atom stereocenters. The quantitative estimate of drug-likeness (QED) is 0.751. The van der Waals surface area contributed by atoms with Crippen LogP contribution in [-0.2, 0) is 11.2 Å². The zero-order valence-electron chi connectivity index (χ0n) is 7.79. The summed E-state index contributed by atoms with van der Waals surface area (Å²) < 4.78 is 5.11. The van der Waals surface area contributed by atoms with Crippen molar-refractivity contribution in [1.29, 1.82) is 0 Å². The molecular formula is C11H14O2. The molecule has 0 amide bonds. The molecule has 2 rings (SSSR count). The first-order chi connectivity index (χ1) is 6.33. The van der Waals surface area contributed by atoms with Crippen LogP contribution in [0.1, 0.15) is 24.0 Å². The minimum Gasteiger partial charge on any atom is -0.507 e. The van der Waals surface area contributed by atoms with Gasteiger partial charge in [0.15, 0.2) is 0 Å². The molecule has 0 saturated carbocycles. The van der Waals surface area contributed by atoms with Crippen molar-refractivity contribution >= 4 is 0 Å². The molecule has 1 saturated heterocycles. The van der Waals surface area contributed by atoms with E-state index >= 15 is 0 Å². The molecule has 1 heterocycles. The van der Waals surface area contributed by atoms with Crippen LogP contribution in [0.5, 0.6) is 5.75 Å². The van der Waals surface area contributed by atoms with Crippen LogP contribution in [0.2, 0.25) is 0 Å². The Hall–Kier alpha value is -1.02. The molecule has 0 radical (unpaired) electrons. The van der Waals surface area contributed by atoms with Crippen LogP contribution in [0, 0.1) is 0 Å². The van der Waals surface area contributed by atoms with Gasteiger partial charge in [0.2, 0.25) is 0 Å². The average molecular weight is 178 g/mol. The fraction of sp³-hybridized carbons (Fsp3) is 0.455. The number of para-hydroxylation sites is 1. The van der Waals surface area contributed by atoms with Crippen molar-refractivity contribution in [2.75, 3.05) is 13.2 Å². The summed E-state index contributed by atoms with van der Waals surface area (Å²) in [6.07, 6.45) is 0.882. The molecule has 70 valence electrons. The van der Waals surface area contributed by atoms with Gasteiger partial charge >= 0.3 is 0 Å². The molecule has 1 aromatic carbocycles. The molecule has 0 spiro atoms. The summed E-state index contributed by atoms with van der Waals surface area (Å²) in [6.45, 7) is 3.55. The normalized spacial score (nSPS) is 17.0. The van der Waals surface area contributed by atoms with E-state index < -0.39 is 0 Å². The lowest BCUT2D eigenvalue weighted by molar-refractivity contribution is 0.00750. The first-order valence-electron chi connectivity index (χ1n) is 4.71. The van der Waals surface area contributed by atoms with Gasteiger partial charge in [0.25, 0.3) is 0 Å². The van der Waals surface area contributed by atoms with Gasteiger partial charge in [-0.15, -0.1) is 0 Å². The van der Waals surface area contributed by atoms with Crippen LogP contribution in [0.15, 0.2) is 18.2 Å². The van der Waals surface area contributed by atoms with E-state index in [0.29, 0.717) is 11.7 Å². The molecule has 1 aliphatic heterocycles. The topological polar surface area (TPSA) is 29.5 Å². The van der Waals surface area contributed by atoms with E-state index in [1.807, 2.05) is 18.2 Å². The summed E-state index contributed by atoms with van der Waals surface area (Å²) in [5, 5.41) is 9.87. The number of phenols is 1. The summed E-state index contributed by atoms with van der Waals surface area (Å²) in [5.41, 5.74) is 2.08. The van der Waals surface area contributed by atoms with Gasteiger partial charge in [0.1, 0.15) is 5.75 Å². The van der Waals surface area contributed by atoms with Gasteiger partial charge in [-0.05, 0) is 12.0 Å². The molecular weight excluding hydrogens is 164 g/mol. The number of aromatic hydroxyl groups is 1.